The molecule has 2 rings (SSSR count). The fourth-order valence-corrected chi connectivity index (χ4v) is 4.00. The maximum atomic E-state index is 12.9. The molecule has 1 aromatic carbocycles. The van der Waals surface area contributed by atoms with Crippen molar-refractivity contribution in [3.05, 3.63) is 39.7 Å². The Hall–Kier alpha value is -2.83. The van der Waals surface area contributed by atoms with Gasteiger partial charge in [-0.25, -0.2) is 4.79 Å². The van der Waals surface area contributed by atoms with E-state index >= 15 is 0 Å². The van der Waals surface area contributed by atoms with Gasteiger partial charge < -0.3 is 21.0 Å². The van der Waals surface area contributed by atoms with Crippen molar-refractivity contribution in [3.8, 4) is 0 Å². The van der Waals surface area contributed by atoms with Crippen molar-refractivity contribution in [1.82, 2.24) is 0 Å². The van der Waals surface area contributed by atoms with E-state index < -0.39 is 6.03 Å². The monoisotopic (exact) mass is 387 g/mol. The fraction of sp³-hybridized carbons (Fsp3) is 0.476. The molecule has 0 fully saturated rings. The minimum absolute atomic E-state index is 0.0327. The number of urea groups is 1. The quantitative estimate of drug-likeness (QED) is 0.502. The standard InChI is InChI=1S/C21H29N3O4/c1-6-15(24-28-7-2)19-16(25)9-14(10-17(19)26)18-11(3)8-12(4)20(13(18)5)23-21(22)27/h8,14,25H,6-7,9-10H2,1-5H3,(H3,22,23,27). The number of Topliss-reactive ketones (excluding diaryl/α,β-unsaturated/α-hetero) is 1. The van der Waals surface area contributed by atoms with Gasteiger partial charge in [-0.05, 0) is 62.3 Å². The van der Waals surface area contributed by atoms with Crippen molar-refractivity contribution in [2.45, 2.75) is 59.8 Å². The lowest BCUT2D eigenvalue weighted by Gasteiger charge is -2.28. The molecule has 1 atom stereocenters. The summed E-state index contributed by atoms with van der Waals surface area (Å²) < 4.78 is 0. The molecular formula is C21H29N3O4. The van der Waals surface area contributed by atoms with Gasteiger partial charge in [0, 0.05) is 18.5 Å². The van der Waals surface area contributed by atoms with E-state index in [1.807, 2.05) is 40.7 Å². The molecule has 152 valence electrons. The third-order valence-corrected chi connectivity index (χ3v) is 5.05. The molecule has 0 bridgehead atoms. The number of oxime groups is 1. The average Bonchev–Trinajstić information content (AvgIpc) is 2.60. The molecule has 1 aromatic rings. The van der Waals surface area contributed by atoms with Gasteiger partial charge in [-0.3, -0.25) is 4.79 Å². The number of nitrogens with one attached hydrogen (secondary N) is 1. The van der Waals surface area contributed by atoms with Crippen LogP contribution in [0.3, 0.4) is 0 Å². The number of carbonyl (C=O) groups excluding carboxylic acids is 2. The summed E-state index contributed by atoms with van der Waals surface area (Å²) in [5.74, 6) is -0.307. The van der Waals surface area contributed by atoms with Crippen molar-refractivity contribution in [2.24, 2.45) is 10.9 Å². The van der Waals surface area contributed by atoms with E-state index in [4.69, 9.17) is 10.6 Å². The van der Waals surface area contributed by atoms with Crippen LogP contribution in [0.25, 0.3) is 0 Å². The molecule has 2 amide bonds. The van der Waals surface area contributed by atoms with Crippen LogP contribution in [0, 0.1) is 20.8 Å². The molecule has 0 spiro atoms. The summed E-state index contributed by atoms with van der Waals surface area (Å²) in [4.78, 5) is 29.3. The molecule has 0 aromatic heterocycles. The number of primary amides is 1. The highest BCUT2D eigenvalue weighted by Gasteiger charge is 2.33. The third-order valence-electron chi connectivity index (χ3n) is 5.05. The highest BCUT2D eigenvalue weighted by atomic mass is 16.6. The normalized spacial score (nSPS) is 17.7. The second kappa shape index (κ2) is 8.91. The largest absolute Gasteiger partial charge is 0.511 e. The summed E-state index contributed by atoms with van der Waals surface area (Å²) in [5, 5.41) is 17.3. The predicted octanol–water partition coefficient (Wildman–Crippen LogP) is 4.16. The Balaban J connectivity index is 2.47. The molecule has 28 heavy (non-hydrogen) atoms. The van der Waals surface area contributed by atoms with Crippen molar-refractivity contribution >= 4 is 23.2 Å². The van der Waals surface area contributed by atoms with Crippen LogP contribution in [0.15, 0.2) is 22.6 Å². The Morgan fingerprint density at radius 1 is 1.29 bits per heavy atom. The van der Waals surface area contributed by atoms with Gasteiger partial charge in [-0.2, -0.15) is 0 Å². The number of aliphatic hydroxyl groups excluding tert-OH is 1. The predicted molar refractivity (Wildman–Crippen MR) is 110 cm³/mol. The second-order valence-corrected chi connectivity index (χ2v) is 7.07. The third kappa shape index (κ3) is 4.35. The number of carbonyl (C=O) groups is 2. The summed E-state index contributed by atoms with van der Waals surface area (Å²) in [7, 11) is 0. The minimum atomic E-state index is -0.634. The molecule has 0 radical (unpaired) electrons. The molecule has 4 N–H and O–H groups in total. The van der Waals surface area contributed by atoms with Crippen LogP contribution in [-0.4, -0.2) is 29.2 Å². The molecule has 7 nitrogen and oxygen atoms in total. The minimum Gasteiger partial charge on any atom is -0.511 e. The molecule has 1 aliphatic carbocycles. The van der Waals surface area contributed by atoms with Crippen molar-refractivity contribution < 1.29 is 19.5 Å². The number of rotatable bonds is 6. The van der Waals surface area contributed by atoms with Crippen LogP contribution < -0.4 is 11.1 Å². The number of hydrogen-bond acceptors (Lipinski definition) is 5. The Morgan fingerprint density at radius 2 is 1.96 bits per heavy atom. The van der Waals surface area contributed by atoms with E-state index in [2.05, 4.69) is 10.5 Å². The van der Waals surface area contributed by atoms with Gasteiger partial charge in [0.05, 0.1) is 11.3 Å². The van der Waals surface area contributed by atoms with Gasteiger partial charge in [-0.15, -0.1) is 0 Å². The van der Waals surface area contributed by atoms with Gasteiger partial charge in [0.15, 0.2) is 5.78 Å². The number of aliphatic hydroxyl groups is 1. The van der Waals surface area contributed by atoms with Gasteiger partial charge in [0.1, 0.15) is 12.4 Å². The molecule has 0 saturated heterocycles. The van der Waals surface area contributed by atoms with E-state index in [1.54, 1.807) is 0 Å². The van der Waals surface area contributed by atoms with Crippen LogP contribution >= 0.6 is 0 Å². The van der Waals surface area contributed by atoms with Gasteiger partial charge in [-0.1, -0.05) is 18.1 Å². The summed E-state index contributed by atoms with van der Waals surface area (Å²) in [5.41, 5.74) is 10.4. The number of hydrogen-bond donors (Lipinski definition) is 3. The smallest absolute Gasteiger partial charge is 0.316 e. The summed E-state index contributed by atoms with van der Waals surface area (Å²) in [6.45, 7) is 9.84. The zero-order valence-electron chi connectivity index (χ0n) is 17.2. The number of aryl methyl sites for hydroxylation is 2. The number of allylic oxidation sites excluding steroid dienone is 2. The molecule has 0 aliphatic heterocycles. The number of benzene rings is 1. The number of nitrogens with zero attached hydrogens (tertiary/aromatic N) is 1. The van der Waals surface area contributed by atoms with E-state index in [1.165, 1.54) is 0 Å². The topological polar surface area (TPSA) is 114 Å². The highest BCUT2D eigenvalue weighted by molar-refractivity contribution is 6.23. The first-order valence-electron chi connectivity index (χ1n) is 9.52. The van der Waals surface area contributed by atoms with Gasteiger partial charge >= 0.3 is 6.03 Å². The van der Waals surface area contributed by atoms with E-state index in [0.29, 0.717) is 30.8 Å². The van der Waals surface area contributed by atoms with Crippen molar-refractivity contribution in [2.75, 3.05) is 11.9 Å². The molecule has 0 heterocycles. The van der Waals surface area contributed by atoms with Crippen molar-refractivity contribution in [3.63, 3.8) is 0 Å². The first kappa shape index (κ1) is 21.5. The zero-order chi connectivity index (χ0) is 21.0. The number of nitrogens with two attached hydrogens (primary N) is 1. The van der Waals surface area contributed by atoms with Gasteiger partial charge in [0.25, 0.3) is 0 Å². The van der Waals surface area contributed by atoms with Crippen LogP contribution in [0.4, 0.5) is 10.5 Å². The second-order valence-electron chi connectivity index (χ2n) is 7.07. The van der Waals surface area contributed by atoms with E-state index in [0.717, 1.165) is 22.3 Å². The fourth-order valence-electron chi connectivity index (χ4n) is 4.00. The van der Waals surface area contributed by atoms with Gasteiger partial charge in [0.2, 0.25) is 0 Å². The molecule has 1 unspecified atom stereocenters. The Bertz CT molecular complexity index is 856. The summed E-state index contributed by atoms with van der Waals surface area (Å²) in [6, 6.07) is 1.33. The Labute approximate surface area is 165 Å². The lowest BCUT2D eigenvalue weighted by Crippen LogP contribution is -2.25. The maximum Gasteiger partial charge on any atom is 0.316 e. The zero-order valence-corrected chi connectivity index (χ0v) is 17.2. The summed E-state index contributed by atoms with van der Waals surface area (Å²) >= 11 is 0. The van der Waals surface area contributed by atoms with Crippen molar-refractivity contribution in [1.29, 1.82) is 0 Å². The lowest BCUT2D eigenvalue weighted by molar-refractivity contribution is -0.116. The van der Waals surface area contributed by atoms with Crippen LogP contribution in [-0.2, 0) is 9.63 Å². The van der Waals surface area contributed by atoms with E-state index in [9.17, 15) is 14.7 Å². The summed E-state index contributed by atoms with van der Waals surface area (Å²) in [6.07, 6.45) is 1.07. The molecule has 7 heteroatoms. The SMILES string of the molecule is CCON=C(CC)C1=C(O)CC(c2c(C)cc(C)c(NC(N)=O)c2C)CC1=O. The van der Waals surface area contributed by atoms with Crippen LogP contribution in [0.5, 0.6) is 0 Å². The molecule has 1 aliphatic rings. The number of ketones is 1. The van der Waals surface area contributed by atoms with Crippen LogP contribution in [0.1, 0.15) is 61.3 Å². The average molecular weight is 387 g/mol. The number of anilines is 1. The Morgan fingerprint density at radius 3 is 2.50 bits per heavy atom. The molecule has 0 saturated carbocycles. The molecular weight excluding hydrogens is 358 g/mol. The van der Waals surface area contributed by atoms with E-state index in [-0.39, 0.29) is 29.5 Å². The highest BCUT2D eigenvalue weighted by Crippen LogP contribution is 2.40. The maximum absolute atomic E-state index is 12.9. The Kier molecular flexibility index (Phi) is 6.83. The number of amides is 2. The van der Waals surface area contributed by atoms with Crippen LogP contribution in [0.2, 0.25) is 0 Å². The first-order valence-corrected chi connectivity index (χ1v) is 9.52. The lowest BCUT2D eigenvalue weighted by atomic mass is 9.77. The first-order chi connectivity index (χ1) is 13.2.